The number of anilines is 3. The first-order chi connectivity index (χ1) is 14.0. The Labute approximate surface area is 171 Å². The number of benzene rings is 1. The highest BCUT2D eigenvalue weighted by Crippen LogP contribution is 2.28. The van der Waals surface area contributed by atoms with Crippen LogP contribution in [0.3, 0.4) is 0 Å². The number of aromatic nitrogens is 2. The first kappa shape index (κ1) is 20.7. The van der Waals surface area contributed by atoms with Crippen LogP contribution in [-0.2, 0) is 4.74 Å². The number of carbonyl (C=O) groups is 1. The van der Waals surface area contributed by atoms with E-state index in [4.69, 9.17) is 9.47 Å². The van der Waals surface area contributed by atoms with Crippen molar-refractivity contribution < 1.29 is 14.3 Å². The topological polar surface area (TPSA) is 88.6 Å². The summed E-state index contributed by atoms with van der Waals surface area (Å²) in [6, 6.07) is 9.91. The van der Waals surface area contributed by atoms with E-state index < -0.39 is 0 Å². The number of nitrogens with one attached hydrogen (secondary N) is 2. The quantitative estimate of drug-likeness (QED) is 0.726. The van der Waals surface area contributed by atoms with Crippen LogP contribution in [-0.4, -0.2) is 52.8 Å². The number of piperidine rings is 1. The van der Waals surface area contributed by atoms with Crippen molar-refractivity contribution in [1.82, 2.24) is 14.9 Å². The minimum absolute atomic E-state index is 0.0843. The number of ether oxygens (including phenoxy) is 2. The van der Waals surface area contributed by atoms with Crippen molar-refractivity contribution in [3.05, 3.63) is 36.7 Å². The summed E-state index contributed by atoms with van der Waals surface area (Å²) in [6.45, 7) is 7.56. The monoisotopic (exact) mass is 399 g/mol. The predicted molar refractivity (Wildman–Crippen MR) is 113 cm³/mol. The van der Waals surface area contributed by atoms with Gasteiger partial charge in [0.05, 0.1) is 18.4 Å². The Hall–Kier alpha value is -3.03. The van der Waals surface area contributed by atoms with Gasteiger partial charge in [0.25, 0.3) is 0 Å². The number of hydrogen-bond acceptors (Lipinski definition) is 7. The highest BCUT2D eigenvalue weighted by atomic mass is 16.6. The third kappa shape index (κ3) is 5.97. The summed E-state index contributed by atoms with van der Waals surface area (Å²) < 4.78 is 10.9. The molecule has 1 amide bonds. The van der Waals surface area contributed by atoms with Crippen molar-refractivity contribution >= 4 is 23.4 Å². The van der Waals surface area contributed by atoms with Crippen molar-refractivity contribution in [2.24, 2.45) is 0 Å². The molecule has 0 radical (unpaired) electrons. The Morgan fingerprint density at radius 3 is 2.66 bits per heavy atom. The van der Waals surface area contributed by atoms with Crippen LogP contribution in [0.4, 0.5) is 22.1 Å². The molecule has 0 unspecified atom stereocenters. The lowest BCUT2D eigenvalue weighted by Gasteiger charge is -2.31. The fraction of sp³-hybridized carbons (Fsp3) is 0.476. The normalized spacial score (nSPS) is 14.6. The molecule has 8 heteroatoms. The van der Waals surface area contributed by atoms with Gasteiger partial charge in [-0.25, -0.2) is 14.8 Å². The molecule has 0 saturated carbocycles. The van der Waals surface area contributed by atoms with Gasteiger partial charge >= 0.3 is 6.09 Å². The minimum Gasteiger partial charge on any atom is -0.489 e. The summed E-state index contributed by atoms with van der Waals surface area (Å²) >= 11 is 0. The van der Waals surface area contributed by atoms with E-state index in [1.165, 1.54) is 6.33 Å². The van der Waals surface area contributed by atoms with E-state index in [1.807, 2.05) is 51.1 Å². The van der Waals surface area contributed by atoms with Crippen molar-refractivity contribution in [1.29, 1.82) is 0 Å². The van der Waals surface area contributed by atoms with Crippen LogP contribution in [0.1, 0.15) is 33.6 Å². The van der Waals surface area contributed by atoms with Gasteiger partial charge in [0.1, 0.15) is 23.7 Å². The minimum atomic E-state index is -0.234. The summed E-state index contributed by atoms with van der Waals surface area (Å²) in [5, 5.41) is 6.75. The van der Waals surface area contributed by atoms with E-state index in [1.54, 1.807) is 4.90 Å². The molecular weight excluding hydrogens is 370 g/mol. The number of hydrogen-bond donors (Lipinski definition) is 2. The zero-order valence-corrected chi connectivity index (χ0v) is 17.2. The van der Waals surface area contributed by atoms with Gasteiger partial charge in [-0.2, -0.15) is 0 Å². The number of amides is 1. The van der Waals surface area contributed by atoms with Crippen molar-refractivity contribution in [2.75, 3.05) is 30.3 Å². The largest absolute Gasteiger partial charge is 0.489 e. The summed E-state index contributed by atoms with van der Waals surface area (Å²) in [7, 11) is 0. The molecule has 1 saturated heterocycles. The van der Waals surface area contributed by atoms with Crippen molar-refractivity contribution in [2.45, 2.75) is 45.8 Å². The van der Waals surface area contributed by atoms with Gasteiger partial charge in [-0.05, 0) is 45.7 Å². The van der Waals surface area contributed by atoms with E-state index in [-0.39, 0.29) is 18.2 Å². The molecule has 1 fully saturated rings. The molecule has 3 rings (SSSR count). The smallest absolute Gasteiger partial charge is 0.409 e. The fourth-order valence-electron chi connectivity index (χ4n) is 3.20. The van der Waals surface area contributed by atoms with E-state index >= 15 is 0 Å². The molecule has 1 aromatic carbocycles. The zero-order valence-electron chi connectivity index (χ0n) is 17.2. The van der Waals surface area contributed by atoms with Crippen LogP contribution in [0.15, 0.2) is 36.7 Å². The first-order valence-corrected chi connectivity index (χ1v) is 10.1. The second-order valence-electron chi connectivity index (χ2n) is 7.18. The highest BCUT2D eigenvalue weighted by molar-refractivity contribution is 5.68. The van der Waals surface area contributed by atoms with Crippen LogP contribution in [0, 0.1) is 0 Å². The van der Waals surface area contributed by atoms with Crippen LogP contribution in [0.5, 0.6) is 5.75 Å². The molecule has 0 spiro atoms. The van der Waals surface area contributed by atoms with Crippen LogP contribution >= 0.6 is 0 Å². The molecule has 2 N–H and O–H groups in total. The Balaban J connectivity index is 1.59. The Kier molecular flexibility index (Phi) is 7.10. The molecule has 2 aromatic rings. The average molecular weight is 399 g/mol. The second kappa shape index (κ2) is 9.95. The fourth-order valence-corrected chi connectivity index (χ4v) is 3.20. The molecule has 1 aliphatic rings. The van der Waals surface area contributed by atoms with E-state index in [0.717, 1.165) is 30.1 Å². The third-order valence-electron chi connectivity index (χ3n) is 4.55. The Morgan fingerprint density at radius 1 is 1.21 bits per heavy atom. The first-order valence-electron chi connectivity index (χ1n) is 10.1. The average Bonchev–Trinajstić information content (AvgIpc) is 2.70. The summed E-state index contributed by atoms with van der Waals surface area (Å²) in [4.78, 5) is 22.2. The molecule has 1 aromatic heterocycles. The van der Waals surface area contributed by atoms with Crippen LogP contribution in [0.2, 0.25) is 0 Å². The van der Waals surface area contributed by atoms with Crippen molar-refractivity contribution in [3.8, 4) is 5.75 Å². The van der Waals surface area contributed by atoms with Crippen LogP contribution in [0.25, 0.3) is 0 Å². The summed E-state index contributed by atoms with van der Waals surface area (Å²) in [5.74, 6) is 2.22. The lowest BCUT2D eigenvalue weighted by atomic mass is 10.1. The number of para-hydroxylation sites is 2. The number of likely N-dealkylation sites (tertiary alicyclic amines) is 1. The van der Waals surface area contributed by atoms with Gasteiger partial charge in [0.15, 0.2) is 0 Å². The van der Waals surface area contributed by atoms with E-state index in [2.05, 4.69) is 20.6 Å². The molecule has 2 heterocycles. The summed E-state index contributed by atoms with van der Waals surface area (Å²) in [6.07, 6.45) is 3.07. The molecule has 0 bridgehead atoms. The van der Waals surface area contributed by atoms with Gasteiger partial charge in [0.2, 0.25) is 0 Å². The number of nitrogens with zero attached hydrogens (tertiary/aromatic N) is 3. The van der Waals surface area contributed by atoms with E-state index in [0.29, 0.717) is 25.5 Å². The maximum absolute atomic E-state index is 11.8. The summed E-state index contributed by atoms with van der Waals surface area (Å²) in [5.41, 5.74) is 0.855. The van der Waals surface area contributed by atoms with Crippen LogP contribution < -0.4 is 15.4 Å². The second-order valence-corrected chi connectivity index (χ2v) is 7.18. The standard InChI is InChI=1S/C21H29N5O3/c1-4-28-21(27)26-11-9-16(10-12-26)24-19-13-20(23-14-22-19)25-17-7-5-6-8-18(17)29-15(2)3/h5-8,13-16H,4,9-12H2,1-3H3,(H2,22,23,24,25). The van der Waals surface area contributed by atoms with Gasteiger partial charge in [0, 0.05) is 25.2 Å². The van der Waals surface area contributed by atoms with Gasteiger partial charge in [-0.1, -0.05) is 12.1 Å². The maximum Gasteiger partial charge on any atom is 0.409 e. The Bertz CT molecular complexity index is 806. The predicted octanol–water partition coefficient (Wildman–Crippen LogP) is 4.04. The molecular formula is C21H29N5O3. The molecule has 29 heavy (non-hydrogen) atoms. The maximum atomic E-state index is 11.8. The number of carbonyl (C=O) groups excluding carboxylic acids is 1. The van der Waals surface area contributed by atoms with E-state index in [9.17, 15) is 4.79 Å². The third-order valence-corrected chi connectivity index (χ3v) is 4.55. The lowest BCUT2D eigenvalue weighted by Crippen LogP contribution is -2.42. The molecule has 0 atom stereocenters. The van der Waals surface area contributed by atoms with Gasteiger partial charge in [-0.15, -0.1) is 0 Å². The SMILES string of the molecule is CCOC(=O)N1CCC(Nc2cc(Nc3ccccc3OC(C)C)ncn2)CC1. The van der Waals surface area contributed by atoms with Crippen molar-refractivity contribution in [3.63, 3.8) is 0 Å². The van der Waals surface area contributed by atoms with Gasteiger partial charge in [-0.3, -0.25) is 0 Å². The highest BCUT2D eigenvalue weighted by Gasteiger charge is 2.23. The zero-order chi connectivity index (χ0) is 20.6. The molecule has 8 nitrogen and oxygen atoms in total. The Morgan fingerprint density at radius 2 is 1.93 bits per heavy atom. The molecule has 156 valence electrons. The molecule has 0 aliphatic carbocycles. The molecule has 1 aliphatic heterocycles. The number of rotatable bonds is 7. The van der Waals surface area contributed by atoms with Gasteiger partial charge < -0.3 is 25.0 Å². The lowest BCUT2D eigenvalue weighted by molar-refractivity contribution is 0.0983.